The number of aromatic nitrogens is 1. The summed E-state index contributed by atoms with van der Waals surface area (Å²) in [4.78, 5) is 29.9. The monoisotopic (exact) mass is 408 g/mol. The molecule has 0 spiro atoms. The minimum absolute atomic E-state index is 0.0836. The summed E-state index contributed by atoms with van der Waals surface area (Å²) in [5.41, 5.74) is 0.877. The summed E-state index contributed by atoms with van der Waals surface area (Å²) in [5.74, 6) is -2.98. The van der Waals surface area contributed by atoms with Crippen LogP contribution in [0.3, 0.4) is 0 Å². The summed E-state index contributed by atoms with van der Waals surface area (Å²) in [6.45, 7) is 0.0718. The Labute approximate surface area is 165 Å². The van der Waals surface area contributed by atoms with E-state index in [9.17, 15) is 19.1 Å². The molecule has 0 radical (unpaired) electrons. The highest BCUT2D eigenvalue weighted by Gasteiger charge is 2.49. The minimum Gasteiger partial charge on any atom is -0.407 e. The number of hydrogen-bond acceptors (Lipinski definition) is 6. The number of anilines is 2. The lowest BCUT2D eigenvalue weighted by Crippen LogP contribution is -2.46. The van der Waals surface area contributed by atoms with E-state index in [1.165, 1.54) is 23.2 Å². The van der Waals surface area contributed by atoms with Gasteiger partial charge in [0.2, 0.25) is 0 Å². The zero-order chi connectivity index (χ0) is 20.3. The van der Waals surface area contributed by atoms with Gasteiger partial charge in [0.25, 0.3) is 11.7 Å². The van der Waals surface area contributed by atoms with Crippen LogP contribution in [0.25, 0.3) is 0 Å². The van der Waals surface area contributed by atoms with Gasteiger partial charge < -0.3 is 25.4 Å². The van der Waals surface area contributed by atoms with Crippen molar-refractivity contribution in [1.82, 2.24) is 10.3 Å². The van der Waals surface area contributed by atoms with Crippen LogP contribution in [0.5, 0.6) is 0 Å². The van der Waals surface area contributed by atoms with E-state index >= 15 is 0 Å². The number of benzene rings is 1. The molecule has 148 valence electrons. The normalized spacial score (nSPS) is 18.9. The second kappa shape index (κ2) is 7.99. The molecule has 0 saturated carbocycles. The number of halogens is 2. The first-order chi connectivity index (χ1) is 13.3. The molecular formula is C18H18ClFN4O4. The molecule has 3 rings (SSSR count). The number of pyridine rings is 1. The number of hydrogen-bond donors (Lipinski definition) is 3. The zero-order valence-electron chi connectivity index (χ0n) is 14.9. The fraction of sp³-hybridized carbons (Fsp3) is 0.278. The molecular weight excluding hydrogens is 391 g/mol. The van der Waals surface area contributed by atoms with Gasteiger partial charge in [0, 0.05) is 31.6 Å². The van der Waals surface area contributed by atoms with Crippen molar-refractivity contribution >= 4 is 35.1 Å². The summed E-state index contributed by atoms with van der Waals surface area (Å²) >= 11 is 5.75. The van der Waals surface area contributed by atoms with Gasteiger partial charge in [-0.25, -0.2) is 14.2 Å². The van der Waals surface area contributed by atoms with E-state index in [-0.39, 0.29) is 24.5 Å². The van der Waals surface area contributed by atoms with E-state index in [1.54, 1.807) is 19.2 Å². The highest BCUT2D eigenvalue weighted by atomic mass is 35.5. The maximum absolute atomic E-state index is 13.3. The van der Waals surface area contributed by atoms with Gasteiger partial charge in [-0.05, 0) is 35.9 Å². The third kappa shape index (κ3) is 4.32. The first-order valence-electron chi connectivity index (χ1n) is 8.41. The Kier molecular flexibility index (Phi) is 5.66. The summed E-state index contributed by atoms with van der Waals surface area (Å²) in [5, 5.41) is 15.9. The van der Waals surface area contributed by atoms with E-state index in [4.69, 9.17) is 16.3 Å². The van der Waals surface area contributed by atoms with Crippen LogP contribution in [-0.4, -0.2) is 41.5 Å². The van der Waals surface area contributed by atoms with E-state index in [0.29, 0.717) is 17.1 Å². The van der Waals surface area contributed by atoms with Gasteiger partial charge in [0.1, 0.15) is 11.6 Å². The number of carbonyl (C=O) groups is 2. The minimum atomic E-state index is -2.29. The summed E-state index contributed by atoms with van der Waals surface area (Å²) in [6, 6.07) is 7.15. The predicted octanol–water partition coefficient (Wildman–Crippen LogP) is 2.27. The molecule has 1 fully saturated rings. The van der Waals surface area contributed by atoms with E-state index in [1.807, 2.05) is 0 Å². The van der Waals surface area contributed by atoms with E-state index in [2.05, 4.69) is 15.6 Å². The molecule has 1 aliphatic rings. The first-order valence-corrected chi connectivity index (χ1v) is 8.78. The van der Waals surface area contributed by atoms with Crippen molar-refractivity contribution < 1.29 is 23.8 Å². The Hall–Kier alpha value is -2.91. The number of nitrogens with one attached hydrogen (secondary N) is 2. The van der Waals surface area contributed by atoms with Crippen molar-refractivity contribution in [2.24, 2.45) is 0 Å². The van der Waals surface area contributed by atoms with Gasteiger partial charge >= 0.3 is 6.09 Å². The summed E-state index contributed by atoms with van der Waals surface area (Å²) in [6.07, 6.45) is 0.365. The number of nitrogens with zero attached hydrogens (tertiary/aromatic N) is 2. The number of ether oxygens (including phenoxy) is 1. The van der Waals surface area contributed by atoms with Crippen molar-refractivity contribution in [3.8, 4) is 0 Å². The van der Waals surface area contributed by atoms with Crippen molar-refractivity contribution in [1.29, 1.82) is 0 Å². The molecule has 0 bridgehead atoms. The van der Waals surface area contributed by atoms with Crippen molar-refractivity contribution in [3.63, 3.8) is 0 Å². The lowest BCUT2D eigenvalue weighted by atomic mass is 10.2. The van der Waals surface area contributed by atoms with Gasteiger partial charge in [-0.1, -0.05) is 11.6 Å². The molecule has 1 aromatic heterocycles. The van der Waals surface area contributed by atoms with E-state index < -0.39 is 23.6 Å². The van der Waals surface area contributed by atoms with Crippen molar-refractivity contribution in [3.05, 3.63) is 52.9 Å². The maximum atomic E-state index is 13.3. The second-order valence-corrected chi connectivity index (χ2v) is 6.60. The zero-order valence-corrected chi connectivity index (χ0v) is 15.7. The number of rotatable bonds is 5. The number of aliphatic hydroxyl groups is 1. The Morgan fingerprint density at radius 2 is 2.21 bits per heavy atom. The van der Waals surface area contributed by atoms with Crippen molar-refractivity contribution in [2.75, 3.05) is 23.8 Å². The topological polar surface area (TPSA) is 104 Å². The lowest BCUT2D eigenvalue weighted by Gasteiger charge is -2.22. The quantitative estimate of drug-likeness (QED) is 0.656. The summed E-state index contributed by atoms with van der Waals surface area (Å²) < 4.78 is 18.3. The van der Waals surface area contributed by atoms with Crippen LogP contribution in [0.4, 0.5) is 20.7 Å². The standard InChI is InChI=1S/C18H18ClFN4O4/c1-21-15-3-2-14(10-22-15)24-5-4-18(27,16(24)25)28-17(26)23-9-11-6-12(19)8-13(20)7-11/h2-3,6-8,10,27H,4-5,9H2,1H3,(H,21,22)(H,23,26). The molecule has 10 heteroatoms. The highest BCUT2D eigenvalue weighted by molar-refractivity contribution is 6.30. The van der Waals surface area contributed by atoms with Crippen LogP contribution in [0.2, 0.25) is 5.02 Å². The summed E-state index contributed by atoms with van der Waals surface area (Å²) in [7, 11) is 1.71. The van der Waals surface area contributed by atoms with Gasteiger partial charge in [0.15, 0.2) is 0 Å². The maximum Gasteiger partial charge on any atom is 0.410 e. The molecule has 1 aromatic carbocycles. The van der Waals surface area contributed by atoms with Crippen LogP contribution in [-0.2, 0) is 16.1 Å². The Balaban J connectivity index is 1.61. The molecule has 8 nitrogen and oxygen atoms in total. The molecule has 1 atom stereocenters. The van der Waals surface area contributed by atoms with Gasteiger partial charge in [-0.2, -0.15) is 0 Å². The molecule has 2 heterocycles. The molecule has 1 saturated heterocycles. The SMILES string of the molecule is CNc1ccc(N2CCC(O)(OC(=O)NCc3cc(F)cc(Cl)c3)C2=O)cn1. The van der Waals surface area contributed by atoms with Crippen LogP contribution in [0.15, 0.2) is 36.5 Å². The number of carbonyl (C=O) groups excluding carboxylic acids is 2. The molecule has 28 heavy (non-hydrogen) atoms. The molecule has 2 aromatic rings. The van der Waals surface area contributed by atoms with Gasteiger partial charge in [0.05, 0.1) is 11.9 Å². The van der Waals surface area contributed by atoms with Gasteiger partial charge in [-0.3, -0.25) is 4.79 Å². The average molecular weight is 409 g/mol. The molecule has 0 aliphatic carbocycles. The molecule has 2 amide bonds. The largest absolute Gasteiger partial charge is 0.410 e. The fourth-order valence-corrected chi connectivity index (χ4v) is 3.04. The third-order valence-electron chi connectivity index (χ3n) is 4.19. The van der Waals surface area contributed by atoms with Crippen LogP contribution in [0.1, 0.15) is 12.0 Å². The van der Waals surface area contributed by atoms with Crippen LogP contribution >= 0.6 is 11.6 Å². The van der Waals surface area contributed by atoms with E-state index in [0.717, 1.165) is 6.07 Å². The highest BCUT2D eigenvalue weighted by Crippen LogP contribution is 2.29. The Morgan fingerprint density at radius 1 is 1.43 bits per heavy atom. The number of amides is 2. The second-order valence-electron chi connectivity index (χ2n) is 6.16. The lowest BCUT2D eigenvalue weighted by molar-refractivity contribution is -0.175. The smallest absolute Gasteiger partial charge is 0.407 e. The van der Waals surface area contributed by atoms with Crippen molar-refractivity contribution in [2.45, 2.75) is 18.8 Å². The van der Waals surface area contributed by atoms with Crippen LogP contribution < -0.4 is 15.5 Å². The third-order valence-corrected chi connectivity index (χ3v) is 4.41. The van der Waals surface area contributed by atoms with Crippen LogP contribution in [0, 0.1) is 5.82 Å². The van der Waals surface area contributed by atoms with Gasteiger partial charge in [-0.15, -0.1) is 0 Å². The number of alkyl carbamates (subject to hydrolysis) is 1. The average Bonchev–Trinajstić information content (AvgIpc) is 2.94. The first kappa shape index (κ1) is 19.8. The molecule has 3 N–H and O–H groups in total. The molecule has 1 aliphatic heterocycles. The Bertz CT molecular complexity index is 875. The Morgan fingerprint density at radius 3 is 2.86 bits per heavy atom. The molecule has 1 unspecified atom stereocenters. The predicted molar refractivity (Wildman–Crippen MR) is 100 cm³/mol. The fourth-order valence-electron chi connectivity index (χ4n) is 2.79.